The van der Waals surface area contributed by atoms with E-state index in [4.69, 9.17) is 4.74 Å². The summed E-state index contributed by atoms with van der Waals surface area (Å²) in [6, 6.07) is 6.34. The van der Waals surface area contributed by atoms with Crippen molar-refractivity contribution in [1.29, 1.82) is 0 Å². The van der Waals surface area contributed by atoms with Crippen molar-refractivity contribution in [2.24, 2.45) is 0 Å². The van der Waals surface area contributed by atoms with Crippen molar-refractivity contribution in [3.05, 3.63) is 35.7 Å². The summed E-state index contributed by atoms with van der Waals surface area (Å²) in [5, 5.41) is 15.2. The first-order valence-electron chi connectivity index (χ1n) is 10.9. The number of hydrogen-bond acceptors (Lipinski definition) is 7. The molecule has 176 valence electrons. The fourth-order valence-electron chi connectivity index (χ4n) is 4.75. The lowest BCUT2D eigenvalue weighted by Gasteiger charge is -2.38. The molecule has 5 rings (SSSR count). The van der Waals surface area contributed by atoms with Crippen LogP contribution in [0.25, 0.3) is 5.52 Å². The van der Waals surface area contributed by atoms with Crippen LogP contribution in [0.5, 0.6) is 5.88 Å². The maximum absolute atomic E-state index is 13.2. The number of aromatic nitrogens is 4. The number of nitrogens with zero attached hydrogens (tertiary/aromatic N) is 6. The van der Waals surface area contributed by atoms with Crippen molar-refractivity contribution in [1.82, 2.24) is 25.1 Å². The van der Waals surface area contributed by atoms with Gasteiger partial charge < -0.3 is 20.3 Å². The van der Waals surface area contributed by atoms with E-state index in [-0.39, 0.29) is 18.4 Å². The van der Waals surface area contributed by atoms with Crippen LogP contribution in [0, 0.1) is 6.92 Å². The third kappa shape index (κ3) is 4.28. The first kappa shape index (κ1) is 23.1. The number of methoxy groups -OCH3 is 1. The number of fused-ring (bicyclic) bond motifs is 2. The number of halogens is 1. The van der Waals surface area contributed by atoms with Crippen molar-refractivity contribution in [2.75, 3.05) is 41.9 Å². The Morgan fingerprint density at radius 1 is 1.21 bits per heavy atom. The quantitative estimate of drug-likeness (QED) is 0.604. The lowest BCUT2D eigenvalue weighted by atomic mass is 10.1. The summed E-state index contributed by atoms with van der Waals surface area (Å²) in [4.78, 5) is 21.9. The van der Waals surface area contributed by atoms with Gasteiger partial charge >= 0.3 is 6.03 Å². The van der Waals surface area contributed by atoms with E-state index in [1.165, 1.54) is 17.4 Å². The number of rotatable bonds is 3. The number of ether oxygens (including phenoxy) is 1. The molecule has 2 N–H and O–H groups in total. The molecule has 5 heterocycles. The van der Waals surface area contributed by atoms with Crippen LogP contribution in [0.2, 0.25) is 0 Å². The Morgan fingerprint density at radius 2 is 1.97 bits per heavy atom. The van der Waals surface area contributed by atoms with Crippen LogP contribution in [-0.2, 0) is 6.42 Å². The molecule has 0 unspecified atom stereocenters. The molecule has 2 atom stereocenters. The molecule has 0 radical (unpaired) electrons. The average molecular weight is 473 g/mol. The van der Waals surface area contributed by atoms with Crippen LogP contribution in [0.15, 0.2) is 24.4 Å². The zero-order valence-corrected chi connectivity index (χ0v) is 20.0. The lowest BCUT2D eigenvalue weighted by molar-refractivity contribution is 0.257. The predicted molar refractivity (Wildman–Crippen MR) is 130 cm³/mol. The summed E-state index contributed by atoms with van der Waals surface area (Å²) in [5.74, 6) is 1.02. The summed E-state index contributed by atoms with van der Waals surface area (Å²) in [7, 11) is 1.52. The Morgan fingerprint density at radius 3 is 2.70 bits per heavy atom. The van der Waals surface area contributed by atoms with Gasteiger partial charge in [0.05, 0.1) is 18.3 Å². The molecular weight excluding hydrogens is 444 g/mol. The van der Waals surface area contributed by atoms with Gasteiger partial charge in [-0.2, -0.15) is 5.10 Å². The summed E-state index contributed by atoms with van der Waals surface area (Å²) in [5.41, 5.74) is 4.41. The molecule has 2 aliphatic rings. The summed E-state index contributed by atoms with van der Waals surface area (Å²) in [6.45, 7) is 8.73. The van der Waals surface area contributed by atoms with Gasteiger partial charge in [0.15, 0.2) is 0 Å². The topological polar surface area (TPSA) is 99.9 Å². The summed E-state index contributed by atoms with van der Waals surface area (Å²) < 4.78 is 6.88. The van der Waals surface area contributed by atoms with Gasteiger partial charge in [-0.1, -0.05) is 0 Å². The van der Waals surface area contributed by atoms with Crippen LogP contribution in [-0.4, -0.2) is 64.7 Å². The fourth-order valence-corrected chi connectivity index (χ4v) is 4.75. The maximum atomic E-state index is 13.2. The Labute approximate surface area is 198 Å². The van der Waals surface area contributed by atoms with E-state index < -0.39 is 0 Å². The third-order valence-electron chi connectivity index (χ3n) is 5.98. The molecule has 11 heteroatoms. The van der Waals surface area contributed by atoms with E-state index in [1.807, 2.05) is 19.1 Å². The van der Waals surface area contributed by atoms with Crippen LogP contribution in [0.3, 0.4) is 0 Å². The minimum atomic E-state index is -0.254. The second kappa shape index (κ2) is 9.03. The van der Waals surface area contributed by atoms with E-state index in [0.717, 1.165) is 36.3 Å². The molecule has 33 heavy (non-hydrogen) atoms. The number of nitrogens with one attached hydrogen (secondary N) is 2. The van der Waals surface area contributed by atoms with Gasteiger partial charge in [-0.15, -0.1) is 22.1 Å². The summed E-state index contributed by atoms with van der Waals surface area (Å²) >= 11 is 0. The first-order valence-corrected chi connectivity index (χ1v) is 10.9. The van der Waals surface area contributed by atoms with Gasteiger partial charge in [-0.3, -0.25) is 4.90 Å². The standard InChI is InChI=1S/C22H28N8O2.ClH/c1-13-9-16-10-18(21(32-4)27-30(16)26-13)25-22(31)29-8-6-17-19(5-7-23-20(17)29)28-11-14(2)24-15(3)12-28;/h5,7,9-10,14-15,24H,6,8,11-12H2,1-4H3,(H,25,31);1H/t14-,15+;. The van der Waals surface area contributed by atoms with Crippen LogP contribution < -0.4 is 25.2 Å². The van der Waals surface area contributed by atoms with Crippen molar-refractivity contribution < 1.29 is 9.53 Å². The molecule has 3 aromatic heterocycles. The number of urea groups is 1. The molecule has 3 aromatic rings. The number of amides is 2. The Hall–Kier alpha value is -3.11. The largest absolute Gasteiger partial charge is 0.478 e. The number of anilines is 3. The van der Waals surface area contributed by atoms with E-state index in [9.17, 15) is 4.79 Å². The monoisotopic (exact) mass is 472 g/mol. The van der Waals surface area contributed by atoms with E-state index in [0.29, 0.717) is 36.0 Å². The molecule has 2 aliphatic heterocycles. The Bertz CT molecular complexity index is 1170. The number of carbonyl (C=O) groups excluding carboxylic acids is 1. The highest BCUT2D eigenvalue weighted by Gasteiger charge is 2.32. The van der Waals surface area contributed by atoms with Gasteiger partial charge in [0.2, 0.25) is 0 Å². The highest BCUT2D eigenvalue weighted by Crippen LogP contribution is 2.35. The molecule has 2 amide bonds. The second-order valence-electron chi connectivity index (χ2n) is 8.61. The van der Waals surface area contributed by atoms with Gasteiger partial charge in [-0.25, -0.2) is 9.78 Å². The number of aryl methyl sites for hydroxylation is 1. The van der Waals surface area contributed by atoms with E-state index in [1.54, 1.807) is 11.1 Å². The zero-order chi connectivity index (χ0) is 22.4. The van der Waals surface area contributed by atoms with Crippen LogP contribution in [0.1, 0.15) is 25.1 Å². The van der Waals surface area contributed by atoms with Gasteiger partial charge in [0.1, 0.15) is 11.5 Å². The number of pyridine rings is 1. The van der Waals surface area contributed by atoms with Crippen molar-refractivity contribution in [3.63, 3.8) is 0 Å². The van der Waals surface area contributed by atoms with Crippen molar-refractivity contribution in [3.8, 4) is 5.88 Å². The average Bonchev–Trinajstić information content (AvgIpc) is 3.34. The molecule has 0 saturated carbocycles. The first-order chi connectivity index (χ1) is 15.4. The highest BCUT2D eigenvalue weighted by molar-refractivity contribution is 6.03. The predicted octanol–water partition coefficient (Wildman–Crippen LogP) is 2.64. The zero-order valence-electron chi connectivity index (χ0n) is 19.2. The lowest BCUT2D eigenvalue weighted by Crippen LogP contribution is -2.54. The molecule has 10 nitrogen and oxygen atoms in total. The number of carbonyl (C=O) groups is 1. The molecule has 0 bridgehead atoms. The summed E-state index contributed by atoms with van der Waals surface area (Å²) in [6.07, 6.45) is 2.56. The van der Waals surface area contributed by atoms with Crippen LogP contribution >= 0.6 is 12.4 Å². The molecule has 0 aliphatic carbocycles. The maximum Gasteiger partial charge on any atom is 0.327 e. The Balaban J connectivity index is 0.00000259. The van der Waals surface area contributed by atoms with E-state index >= 15 is 0 Å². The fraction of sp³-hybridized carbons (Fsp3) is 0.455. The third-order valence-corrected chi connectivity index (χ3v) is 5.98. The van der Waals surface area contributed by atoms with Crippen molar-refractivity contribution >= 4 is 41.1 Å². The smallest absolute Gasteiger partial charge is 0.327 e. The number of hydrogen-bond donors (Lipinski definition) is 2. The van der Waals surface area contributed by atoms with E-state index in [2.05, 4.69) is 50.6 Å². The minimum absolute atomic E-state index is 0. The molecule has 0 aromatic carbocycles. The second-order valence-corrected chi connectivity index (χ2v) is 8.61. The van der Waals surface area contributed by atoms with Gasteiger partial charge in [0, 0.05) is 49.2 Å². The van der Waals surface area contributed by atoms with Gasteiger partial charge in [-0.05, 0) is 45.4 Å². The molecule has 1 fully saturated rings. The molecular formula is C22H29ClN8O2. The molecule has 1 saturated heterocycles. The highest BCUT2D eigenvalue weighted by atomic mass is 35.5. The Kier molecular flexibility index (Phi) is 6.31. The SMILES string of the molecule is COc1nn2nc(C)cc2cc1NC(=O)N1CCc2c(N3C[C@@H](C)N[C@@H](C)C3)ccnc21.Cl. The normalized spacial score (nSPS) is 19.9. The molecule has 0 spiro atoms. The number of piperazine rings is 1. The minimum Gasteiger partial charge on any atom is -0.478 e. The van der Waals surface area contributed by atoms with Crippen LogP contribution in [0.4, 0.5) is 22.0 Å². The van der Waals surface area contributed by atoms with Crippen molar-refractivity contribution in [2.45, 2.75) is 39.3 Å². The van der Waals surface area contributed by atoms with Gasteiger partial charge in [0.25, 0.3) is 5.88 Å².